The average Bonchev–Trinajstić information content (AvgIpc) is 2.27. The maximum atomic E-state index is 11.9. The highest BCUT2D eigenvalue weighted by Crippen LogP contribution is 2.19. The van der Waals surface area contributed by atoms with Crippen molar-refractivity contribution >= 4 is 5.91 Å². The van der Waals surface area contributed by atoms with E-state index in [9.17, 15) is 4.79 Å². The molecule has 1 amide bonds. The van der Waals surface area contributed by atoms with Gasteiger partial charge in [0.15, 0.2) is 0 Å². The summed E-state index contributed by atoms with van der Waals surface area (Å²) in [5.41, 5.74) is 6.77. The Hall–Kier alpha value is -1.35. The summed E-state index contributed by atoms with van der Waals surface area (Å²) in [5, 5.41) is 2.94. The largest absolute Gasteiger partial charge is 0.348 e. The molecule has 0 unspecified atom stereocenters. The Balaban J connectivity index is 2.64. The van der Waals surface area contributed by atoms with Crippen LogP contribution in [-0.2, 0) is 4.79 Å². The summed E-state index contributed by atoms with van der Waals surface area (Å²) in [6.45, 7) is 7.85. The van der Waals surface area contributed by atoms with Gasteiger partial charge in [0.25, 0.3) is 0 Å². The van der Waals surface area contributed by atoms with E-state index in [1.54, 1.807) is 0 Å². The summed E-state index contributed by atoms with van der Waals surface area (Å²) in [6.07, 6.45) is 0. The first-order chi connectivity index (χ1) is 7.82. The zero-order valence-corrected chi connectivity index (χ0v) is 11.0. The van der Waals surface area contributed by atoms with E-state index < -0.39 is 6.04 Å². The molecule has 0 aliphatic heterocycles. The third kappa shape index (κ3) is 3.86. The normalized spacial score (nSPS) is 15.1. The number of benzene rings is 1. The number of rotatable bonds is 3. The van der Waals surface area contributed by atoms with Crippen molar-refractivity contribution in [1.82, 2.24) is 5.32 Å². The van der Waals surface area contributed by atoms with Crippen molar-refractivity contribution in [3.8, 4) is 0 Å². The van der Waals surface area contributed by atoms with Crippen molar-refractivity contribution in [2.45, 2.75) is 39.8 Å². The van der Waals surface area contributed by atoms with Gasteiger partial charge in [-0.25, -0.2) is 0 Å². The number of nitrogens with one attached hydrogen (secondary N) is 1. The minimum Gasteiger partial charge on any atom is -0.348 e. The van der Waals surface area contributed by atoms with Crippen molar-refractivity contribution in [2.75, 3.05) is 0 Å². The summed E-state index contributed by atoms with van der Waals surface area (Å²) in [6, 6.07) is 9.36. The van der Waals surface area contributed by atoms with Gasteiger partial charge in [-0.3, -0.25) is 4.79 Å². The molecule has 94 valence electrons. The van der Waals surface area contributed by atoms with E-state index in [1.807, 2.05) is 58.0 Å². The SMILES string of the molecule is C[C@H](NC(=O)[C@@H](N)C(C)(C)C)c1ccccc1. The molecule has 0 saturated heterocycles. The van der Waals surface area contributed by atoms with Crippen LogP contribution in [0.3, 0.4) is 0 Å². The van der Waals surface area contributed by atoms with Gasteiger partial charge >= 0.3 is 0 Å². The molecule has 0 radical (unpaired) electrons. The predicted molar refractivity (Wildman–Crippen MR) is 70.4 cm³/mol. The lowest BCUT2D eigenvalue weighted by Crippen LogP contribution is -2.49. The lowest BCUT2D eigenvalue weighted by Gasteiger charge is -2.27. The lowest BCUT2D eigenvalue weighted by atomic mass is 9.86. The van der Waals surface area contributed by atoms with Gasteiger partial charge < -0.3 is 11.1 Å². The Morgan fingerprint density at radius 1 is 1.24 bits per heavy atom. The smallest absolute Gasteiger partial charge is 0.237 e. The first-order valence-electron chi connectivity index (χ1n) is 5.93. The first kappa shape index (κ1) is 13.7. The number of hydrogen-bond donors (Lipinski definition) is 2. The number of carbonyl (C=O) groups excluding carboxylic acids is 1. The van der Waals surface area contributed by atoms with Crippen molar-refractivity contribution in [1.29, 1.82) is 0 Å². The molecule has 0 heterocycles. The Bertz CT molecular complexity index is 368. The van der Waals surface area contributed by atoms with E-state index in [4.69, 9.17) is 5.73 Å². The van der Waals surface area contributed by atoms with Crippen LogP contribution in [0.5, 0.6) is 0 Å². The maximum Gasteiger partial charge on any atom is 0.237 e. The van der Waals surface area contributed by atoms with Gasteiger partial charge in [0.2, 0.25) is 5.91 Å². The van der Waals surface area contributed by atoms with Crippen molar-refractivity contribution in [3.63, 3.8) is 0 Å². The van der Waals surface area contributed by atoms with Crippen LogP contribution in [0.25, 0.3) is 0 Å². The molecule has 0 bridgehead atoms. The molecule has 3 heteroatoms. The van der Waals surface area contributed by atoms with Gasteiger partial charge in [0, 0.05) is 0 Å². The van der Waals surface area contributed by atoms with Crippen LogP contribution in [-0.4, -0.2) is 11.9 Å². The highest BCUT2D eigenvalue weighted by Gasteiger charge is 2.28. The minimum atomic E-state index is -0.492. The fourth-order valence-corrected chi connectivity index (χ4v) is 1.52. The first-order valence-corrected chi connectivity index (χ1v) is 5.93. The third-order valence-corrected chi connectivity index (χ3v) is 2.87. The van der Waals surface area contributed by atoms with Gasteiger partial charge in [-0.1, -0.05) is 51.1 Å². The fourth-order valence-electron chi connectivity index (χ4n) is 1.52. The molecule has 17 heavy (non-hydrogen) atoms. The Morgan fingerprint density at radius 2 is 1.76 bits per heavy atom. The van der Waals surface area contributed by atoms with Crippen LogP contribution in [0.4, 0.5) is 0 Å². The van der Waals surface area contributed by atoms with E-state index >= 15 is 0 Å². The van der Waals surface area contributed by atoms with Crippen LogP contribution >= 0.6 is 0 Å². The highest BCUT2D eigenvalue weighted by molar-refractivity contribution is 5.82. The standard InChI is InChI=1S/C14H22N2O/c1-10(11-8-6-5-7-9-11)16-13(17)12(15)14(2,3)4/h5-10,12H,15H2,1-4H3,(H,16,17)/t10-,12+/m0/s1. The summed E-state index contributed by atoms with van der Waals surface area (Å²) in [4.78, 5) is 11.9. The zero-order chi connectivity index (χ0) is 13.1. The van der Waals surface area contributed by atoms with Crippen molar-refractivity contribution < 1.29 is 4.79 Å². The van der Waals surface area contributed by atoms with E-state index in [0.717, 1.165) is 5.56 Å². The van der Waals surface area contributed by atoms with Crippen LogP contribution in [0.2, 0.25) is 0 Å². The molecule has 1 aromatic rings. The molecule has 0 fully saturated rings. The summed E-state index contributed by atoms with van der Waals surface area (Å²) in [7, 11) is 0. The lowest BCUT2D eigenvalue weighted by molar-refractivity contribution is -0.125. The zero-order valence-electron chi connectivity index (χ0n) is 11.0. The molecule has 2 atom stereocenters. The highest BCUT2D eigenvalue weighted by atomic mass is 16.2. The summed E-state index contributed by atoms with van der Waals surface area (Å²) in [5.74, 6) is -0.103. The molecule has 1 aromatic carbocycles. The second-order valence-corrected chi connectivity index (χ2v) is 5.48. The molecule has 0 aliphatic carbocycles. The Labute approximate surface area is 103 Å². The van der Waals surface area contributed by atoms with Gasteiger partial charge in [0.1, 0.15) is 0 Å². The van der Waals surface area contributed by atoms with E-state index in [2.05, 4.69) is 5.32 Å². The average molecular weight is 234 g/mol. The molecule has 3 nitrogen and oxygen atoms in total. The maximum absolute atomic E-state index is 11.9. The predicted octanol–water partition coefficient (Wildman–Crippen LogP) is 2.24. The topological polar surface area (TPSA) is 55.1 Å². The molecule has 3 N–H and O–H groups in total. The Morgan fingerprint density at radius 3 is 2.24 bits per heavy atom. The number of carbonyl (C=O) groups is 1. The van der Waals surface area contributed by atoms with Crippen molar-refractivity contribution in [3.05, 3.63) is 35.9 Å². The van der Waals surface area contributed by atoms with Crippen LogP contribution in [0.15, 0.2) is 30.3 Å². The van der Waals surface area contributed by atoms with Gasteiger partial charge in [-0.05, 0) is 17.9 Å². The minimum absolute atomic E-state index is 0.0166. The number of amides is 1. The van der Waals surface area contributed by atoms with Crippen LogP contribution in [0, 0.1) is 5.41 Å². The van der Waals surface area contributed by atoms with E-state index in [1.165, 1.54) is 0 Å². The molecule has 0 aliphatic rings. The fraction of sp³-hybridized carbons (Fsp3) is 0.500. The monoisotopic (exact) mass is 234 g/mol. The summed E-state index contributed by atoms with van der Waals surface area (Å²) < 4.78 is 0. The summed E-state index contributed by atoms with van der Waals surface area (Å²) >= 11 is 0. The van der Waals surface area contributed by atoms with E-state index in [-0.39, 0.29) is 17.4 Å². The number of hydrogen-bond acceptors (Lipinski definition) is 2. The third-order valence-electron chi connectivity index (χ3n) is 2.87. The molecular weight excluding hydrogens is 212 g/mol. The molecule has 0 aromatic heterocycles. The van der Waals surface area contributed by atoms with Crippen molar-refractivity contribution in [2.24, 2.45) is 11.1 Å². The molecule has 0 spiro atoms. The van der Waals surface area contributed by atoms with Crippen LogP contribution < -0.4 is 11.1 Å². The van der Waals surface area contributed by atoms with Crippen LogP contribution in [0.1, 0.15) is 39.3 Å². The van der Waals surface area contributed by atoms with Gasteiger partial charge in [0.05, 0.1) is 12.1 Å². The molecule has 0 saturated carbocycles. The second kappa shape index (κ2) is 5.32. The second-order valence-electron chi connectivity index (χ2n) is 5.48. The van der Waals surface area contributed by atoms with Gasteiger partial charge in [-0.2, -0.15) is 0 Å². The Kier molecular flexibility index (Phi) is 4.29. The number of nitrogens with two attached hydrogens (primary N) is 1. The van der Waals surface area contributed by atoms with E-state index in [0.29, 0.717) is 0 Å². The van der Waals surface area contributed by atoms with Gasteiger partial charge in [-0.15, -0.1) is 0 Å². The molecular formula is C14H22N2O. The molecule has 1 rings (SSSR count). The quantitative estimate of drug-likeness (QED) is 0.842.